The second-order valence-corrected chi connectivity index (χ2v) is 8.48. The van der Waals surface area contributed by atoms with Gasteiger partial charge < -0.3 is 4.55 Å². The molecule has 0 bridgehead atoms. The van der Waals surface area contributed by atoms with Gasteiger partial charge in [0.1, 0.15) is 16.1 Å². The highest BCUT2D eigenvalue weighted by Crippen LogP contribution is 2.34. The molecule has 0 amide bonds. The molecule has 1 unspecified atom stereocenters. The quantitative estimate of drug-likeness (QED) is 0.609. The van der Waals surface area contributed by atoms with Gasteiger partial charge in [0.2, 0.25) is 0 Å². The molecule has 0 heterocycles. The third-order valence-electron chi connectivity index (χ3n) is 3.55. The Bertz CT molecular complexity index is 548. The lowest BCUT2D eigenvalue weighted by molar-refractivity contribution is 0.561. The Labute approximate surface area is 130 Å². The van der Waals surface area contributed by atoms with Crippen LogP contribution in [0.2, 0.25) is 0 Å². The molecule has 0 spiro atoms. The first-order valence-corrected chi connectivity index (χ1v) is 8.51. The van der Waals surface area contributed by atoms with Crippen molar-refractivity contribution < 1.29 is 4.55 Å². The summed E-state index contributed by atoms with van der Waals surface area (Å²) in [6, 6.07) is 9.52. The highest BCUT2D eigenvalue weighted by Gasteiger charge is 2.28. The second-order valence-electron chi connectivity index (χ2n) is 6.57. The van der Waals surface area contributed by atoms with Gasteiger partial charge in [-0.1, -0.05) is 29.4 Å². The van der Waals surface area contributed by atoms with Gasteiger partial charge in [-0.2, -0.15) is 5.26 Å². The Balaban J connectivity index is 2.21. The standard InChI is InChI=1S/C17H22N2OS/c1-17(2,3)21(20)19-16(11-8-13-4-5-13)15-9-6-14(12-18)7-10-15/h6-7,9-10,13H,4-5,8,11H2,1-3H3/b19-16-. The Morgan fingerprint density at radius 2 is 1.95 bits per heavy atom. The van der Waals surface area contributed by atoms with E-state index in [1.807, 2.05) is 32.9 Å². The van der Waals surface area contributed by atoms with Crippen LogP contribution >= 0.6 is 0 Å². The minimum atomic E-state index is -1.25. The van der Waals surface area contributed by atoms with Crippen molar-refractivity contribution in [2.45, 2.75) is 51.2 Å². The van der Waals surface area contributed by atoms with E-state index >= 15 is 0 Å². The highest BCUT2D eigenvalue weighted by molar-refractivity contribution is 7.91. The summed E-state index contributed by atoms with van der Waals surface area (Å²) >= 11 is -1.25. The predicted octanol–water partition coefficient (Wildman–Crippen LogP) is 4.00. The molecule has 3 nitrogen and oxygen atoms in total. The number of benzene rings is 1. The summed E-state index contributed by atoms with van der Waals surface area (Å²) in [7, 11) is 0. The summed E-state index contributed by atoms with van der Waals surface area (Å²) in [5.74, 6) is 0.816. The molecular formula is C17H22N2OS. The Morgan fingerprint density at radius 1 is 1.33 bits per heavy atom. The number of nitriles is 1. The molecule has 0 aromatic heterocycles. The molecule has 4 heteroatoms. The fraction of sp³-hybridized carbons (Fsp3) is 0.529. The van der Waals surface area contributed by atoms with Crippen molar-refractivity contribution in [3.05, 3.63) is 35.4 Å². The van der Waals surface area contributed by atoms with Gasteiger partial charge in [0.05, 0.1) is 17.3 Å². The van der Waals surface area contributed by atoms with E-state index in [1.165, 1.54) is 12.8 Å². The second kappa shape index (κ2) is 6.64. The van der Waals surface area contributed by atoms with Crippen LogP contribution in [0.15, 0.2) is 28.7 Å². The zero-order chi connectivity index (χ0) is 15.5. The lowest BCUT2D eigenvalue weighted by Crippen LogP contribution is -2.27. The van der Waals surface area contributed by atoms with Gasteiger partial charge >= 0.3 is 0 Å². The summed E-state index contributed by atoms with van der Waals surface area (Å²) in [6.45, 7) is 5.80. The van der Waals surface area contributed by atoms with Gasteiger partial charge in [0.25, 0.3) is 0 Å². The Hall–Kier alpha value is -1.31. The molecule has 1 fully saturated rings. The maximum Gasteiger partial charge on any atom is 0.144 e. The fourth-order valence-corrected chi connectivity index (χ4v) is 2.63. The molecular weight excluding hydrogens is 280 g/mol. The number of nitrogens with zero attached hydrogens (tertiary/aromatic N) is 2. The number of hydrogen-bond acceptors (Lipinski definition) is 3. The minimum Gasteiger partial charge on any atom is -0.591 e. The normalized spacial score (nSPS) is 17.4. The number of hydrogen-bond donors (Lipinski definition) is 0. The molecule has 21 heavy (non-hydrogen) atoms. The van der Waals surface area contributed by atoms with Gasteiger partial charge in [-0.05, 0) is 51.7 Å². The summed E-state index contributed by atoms with van der Waals surface area (Å²) in [5, 5.41) is 8.87. The van der Waals surface area contributed by atoms with Crippen LogP contribution in [0.3, 0.4) is 0 Å². The predicted molar refractivity (Wildman–Crippen MR) is 87.5 cm³/mol. The maximum atomic E-state index is 12.3. The zero-order valence-electron chi connectivity index (χ0n) is 12.9. The van der Waals surface area contributed by atoms with E-state index in [-0.39, 0.29) is 4.75 Å². The van der Waals surface area contributed by atoms with Crippen LogP contribution in [0.4, 0.5) is 0 Å². The minimum absolute atomic E-state index is 0.350. The number of rotatable bonds is 5. The van der Waals surface area contributed by atoms with Crippen LogP contribution in [0.1, 0.15) is 57.6 Å². The third kappa shape index (κ3) is 4.87. The van der Waals surface area contributed by atoms with Crippen LogP contribution in [0.25, 0.3) is 0 Å². The Kier molecular flexibility index (Phi) is 5.08. The van der Waals surface area contributed by atoms with Crippen LogP contribution in [0, 0.1) is 17.2 Å². The van der Waals surface area contributed by atoms with Gasteiger partial charge in [-0.25, -0.2) is 0 Å². The van der Waals surface area contributed by atoms with Crippen molar-refractivity contribution in [2.24, 2.45) is 10.3 Å². The Morgan fingerprint density at radius 3 is 2.43 bits per heavy atom. The van der Waals surface area contributed by atoms with Gasteiger partial charge in [0, 0.05) is 5.56 Å². The maximum absolute atomic E-state index is 12.3. The molecule has 1 aliphatic rings. The first kappa shape index (κ1) is 16.1. The van der Waals surface area contributed by atoms with Crippen molar-refractivity contribution in [2.75, 3.05) is 0 Å². The lowest BCUT2D eigenvalue weighted by atomic mass is 10.0. The SMILES string of the molecule is CC(C)(C)[S+]([O-])/N=C(/CCC1CC1)c1ccc(C#N)cc1. The molecule has 0 N–H and O–H groups in total. The average Bonchev–Trinajstić information content (AvgIpc) is 3.26. The molecule has 1 saturated carbocycles. The summed E-state index contributed by atoms with van der Waals surface area (Å²) in [6.07, 6.45) is 4.59. The molecule has 1 aromatic rings. The monoisotopic (exact) mass is 302 g/mol. The van der Waals surface area contributed by atoms with Crippen LogP contribution in [0.5, 0.6) is 0 Å². The largest absolute Gasteiger partial charge is 0.591 e. The summed E-state index contributed by atoms with van der Waals surface area (Å²) in [4.78, 5) is 0. The van der Waals surface area contributed by atoms with Crippen molar-refractivity contribution in [3.63, 3.8) is 0 Å². The molecule has 2 rings (SSSR count). The van der Waals surface area contributed by atoms with E-state index in [2.05, 4.69) is 10.5 Å². The van der Waals surface area contributed by atoms with Gasteiger partial charge in [-0.3, -0.25) is 0 Å². The molecule has 0 saturated heterocycles. The zero-order valence-corrected chi connectivity index (χ0v) is 13.7. The van der Waals surface area contributed by atoms with Crippen LogP contribution < -0.4 is 0 Å². The van der Waals surface area contributed by atoms with Crippen molar-refractivity contribution in [1.29, 1.82) is 5.26 Å². The van der Waals surface area contributed by atoms with Crippen molar-refractivity contribution in [1.82, 2.24) is 0 Å². The first-order chi connectivity index (χ1) is 9.90. The van der Waals surface area contributed by atoms with E-state index in [1.54, 1.807) is 12.1 Å². The van der Waals surface area contributed by atoms with Crippen LogP contribution in [-0.4, -0.2) is 15.0 Å². The smallest absolute Gasteiger partial charge is 0.144 e. The third-order valence-corrected chi connectivity index (χ3v) is 4.98. The highest BCUT2D eigenvalue weighted by atomic mass is 32.2. The summed E-state index contributed by atoms with van der Waals surface area (Å²) < 4.78 is 16.4. The van der Waals surface area contributed by atoms with Gasteiger partial charge in [0.15, 0.2) is 0 Å². The first-order valence-electron chi connectivity index (χ1n) is 7.40. The molecule has 1 aliphatic carbocycles. The topological polar surface area (TPSA) is 59.2 Å². The average molecular weight is 302 g/mol. The fourth-order valence-electron chi connectivity index (χ4n) is 1.96. The molecule has 0 aliphatic heterocycles. The molecule has 1 aromatic carbocycles. The molecule has 1 atom stereocenters. The molecule has 0 radical (unpaired) electrons. The van der Waals surface area contributed by atoms with E-state index < -0.39 is 11.4 Å². The van der Waals surface area contributed by atoms with Crippen molar-refractivity contribution >= 4 is 17.1 Å². The van der Waals surface area contributed by atoms with E-state index in [9.17, 15) is 4.55 Å². The van der Waals surface area contributed by atoms with Gasteiger partial charge in [-0.15, -0.1) is 0 Å². The van der Waals surface area contributed by atoms with E-state index in [0.29, 0.717) is 5.56 Å². The van der Waals surface area contributed by atoms with E-state index in [0.717, 1.165) is 30.0 Å². The van der Waals surface area contributed by atoms with E-state index in [4.69, 9.17) is 5.26 Å². The lowest BCUT2D eigenvalue weighted by Gasteiger charge is -2.19. The summed E-state index contributed by atoms with van der Waals surface area (Å²) in [5.41, 5.74) is 2.52. The van der Waals surface area contributed by atoms with Crippen molar-refractivity contribution in [3.8, 4) is 6.07 Å². The molecule has 112 valence electrons. The van der Waals surface area contributed by atoms with Crippen LogP contribution in [-0.2, 0) is 11.4 Å².